The van der Waals surface area contributed by atoms with Gasteiger partial charge in [0.1, 0.15) is 0 Å². The number of hydrogen-bond donors (Lipinski definition) is 0. The number of carbonyl (C=O) groups is 2. The summed E-state index contributed by atoms with van der Waals surface area (Å²) in [7, 11) is 0. The van der Waals surface area contributed by atoms with Crippen molar-refractivity contribution in [3.63, 3.8) is 0 Å². The smallest absolute Gasteiger partial charge is 0.228 e. The molecule has 2 aliphatic heterocycles. The summed E-state index contributed by atoms with van der Waals surface area (Å²) in [5.74, 6) is -0.284. The van der Waals surface area contributed by atoms with E-state index in [4.69, 9.17) is 16.3 Å². The second-order valence-electron chi connectivity index (χ2n) is 6.26. The van der Waals surface area contributed by atoms with Crippen molar-refractivity contribution in [2.24, 2.45) is 5.92 Å². The zero-order valence-corrected chi connectivity index (χ0v) is 14.2. The van der Waals surface area contributed by atoms with Crippen molar-refractivity contribution in [1.29, 1.82) is 0 Å². The van der Waals surface area contributed by atoms with E-state index in [9.17, 15) is 9.59 Å². The third-order valence-corrected chi connectivity index (χ3v) is 4.75. The van der Waals surface area contributed by atoms with Crippen LogP contribution in [0.4, 0.5) is 5.69 Å². The summed E-state index contributed by atoms with van der Waals surface area (Å²) in [4.78, 5) is 28.5. The number of hydrogen-bond acceptors (Lipinski definition) is 3. The van der Waals surface area contributed by atoms with Crippen LogP contribution in [-0.4, -0.2) is 49.6 Å². The van der Waals surface area contributed by atoms with Gasteiger partial charge in [0.15, 0.2) is 0 Å². The van der Waals surface area contributed by atoms with Crippen molar-refractivity contribution in [3.05, 3.63) is 28.3 Å². The minimum absolute atomic E-state index is 0.0366. The largest absolute Gasteiger partial charge is 0.378 e. The maximum Gasteiger partial charge on any atom is 0.228 e. The molecule has 0 radical (unpaired) electrons. The molecule has 0 bridgehead atoms. The van der Waals surface area contributed by atoms with Crippen LogP contribution in [0.15, 0.2) is 12.1 Å². The molecule has 1 atom stereocenters. The van der Waals surface area contributed by atoms with E-state index in [-0.39, 0.29) is 24.2 Å². The van der Waals surface area contributed by atoms with E-state index in [2.05, 4.69) is 0 Å². The van der Waals surface area contributed by atoms with E-state index in [0.29, 0.717) is 37.9 Å². The van der Waals surface area contributed by atoms with Gasteiger partial charge in [-0.3, -0.25) is 9.59 Å². The molecular weight excluding hydrogens is 316 g/mol. The highest BCUT2D eigenvalue weighted by molar-refractivity contribution is 6.34. The minimum atomic E-state index is -0.294. The first-order chi connectivity index (χ1) is 11.0. The SMILES string of the molecule is Cc1cc(C)c(N2CC(C(=O)N3CCOCC3)CC2=O)c(Cl)c1. The first-order valence-electron chi connectivity index (χ1n) is 7.91. The highest BCUT2D eigenvalue weighted by Gasteiger charge is 2.38. The predicted octanol–water partition coefficient (Wildman–Crippen LogP) is 2.17. The average Bonchev–Trinajstić information content (AvgIpc) is 2.88. The Morgan fingerprint density at radius 2 is 1.96 bits per heavy atom. The monoisotopic (exact) mass is 336 g/mol. The maximum absolute atomic E-state index is 12.6. The van der Waals surface area contributed by atoms with E-state index in [1.165, 1.54) is 0 Å². The van der Waals surface area contributed by atoms with E-state index >= 15 is 0 Å². The standard InChI is InChI=1S/C17H21ClN2O3/c1-11-7-12(2)16(14(18)8-11)20-10-13(9-15(20)21)17(22)19-3-5-23-6-4-19/h7-8,13H,3-6,9-10H2,1-2H3. The molecule has 2 amide bonds. The molecule has 6 heteroatoms. The van der Waals surface area contributed by atoms with Gasteiger partial charge in [-0.1, -0.05) is 17.7 Å². The number of rotatable bonds is 2. The molecule has 1 unspecified atom stereocenters. The first kappa shape index (κ1) is 16.3. The van der Waals surface area contributed by atoms with Gasteiger partial charge in [-0.2, -0.15) is 0 Å². The van der Waals surface area contributed by atoms with Crippen LogP contribution in [0.25, 0.3) is 0 Å². The van der Waals surface area contributed by atoms with E-state index in [1.54, 1.807) is 9.80 Å². The third-order valence-electron chi connectivity index (χ3n) is 4.47. The molecule has 0 aromatic heterocycles. The summed E-state index contributed by atoms with van der Waals surface area (Å²) >= 11 is 6.35. The second kappa shape index (κ2) is 6.49. The fraction of sp³-hybridized carbons (Fsp3) is 0.529. The molecule has 0 saturated carbocycles. The molecule has 124 valence electrons. The molecule has 0 aliphatic carbocycles. The zero-order valence-electron chi connectivity index (χ0n) is 13.5. The zero-order chi connectivity index (χ0) is 16.6. The Hall–Kier alpha value is -1.59. The number of carbonyl (C=O) groups excluding carboxylic acids is 2. The number of amides is 2. The highest BCUT2D eigenvalue weighted by Crippen LogP contribution is 2.35. The van der Waals surface area contributed by atoms with Gasteiger partial charge < -0.3 is 14.5 Å². The summed E-state index contributed by atoms with van der Waals surface area (Å²) in [6, 6.07) is 3.86. The average molecular weight is 337 g/mol. The van der Waals surface area contributed by atoms with Gasteiger partial charge in [0.25, 0.3) is 0 Å². The van der Waals surface area contributed by atoms with Crippen molar-refractivity contribution < 1.29 is 14.3 Å². The summed E-state index contributed by atoms with van der Waals surface area (Å²) in [5, 5.41) is 0.565. The van der Waals surface area contributed by atoms with E-state index in [1.807, 2.05) is 26.0 Å². The lowest BCUT2D eigenvalue weighted by molar-refractivity contribution is -0.139. The van der Waals surface area contributed by atoms with Crippen molar-refractivity contribution in [2.45, 2.75) is 20.3 Å². The summed E-state index contributed by atoms with van der Waals surface area (Å²) in [5.41, 5.74) is 2.76. The fourth-order valence-corrected chi connectivity index (χ4v) is 3.80. The lowest BCUT2D eigenvalue weighted by atomic mass is 10.1. The number of morpholine rings is 1. The molecular formula is C17H21ClN2O3. The Labute approximate surface area is 141 Å². The van der Waals surface area contributed by atoms with Crippen LogP contribution in [0.2, 0.25) is 5.02 Å². The van der Waals surface area contributed by atoms with Crippen LogP contribution >= 0.6 is 11.6 Å². The molecule has 23 heavy (non-hydrogen) atoms. The van der Waals surface area contributed by atoms with Gasteiger partial charge >= 0.3 is 0 Å². The number of anilines is 1. The minimum Gasteiger partial charge on any atom is -0.378 e. The lowest BCUT2D eigenvalue weighted by Gasteiger charge is -2.29. The molecule has 2 aliphatic rings. The van der Waals surface area contributed by atoms with Crippen LogP contribution in [0, 0.1) is 19.8 Å². The molecule has 2 fully saturated rings. The fourth-order valence-electron chi connectivity index (χ4n) is 3.38. The molecule has 1 aromatic carbocycles. The van der Waals surface area contributed by atoms with Crippen LogP contribution in [0.3, 0.4) is 0 Å². The molecule has 1 aromatic rings. The number of ether oxygens (including phenoxy) is 1. The number of halogens is 1. The Balaban J connectivity index is 1.79. The summed E-state index contributed by atoms with van der Waals surface area (Å²) in [6.07, 6.45) is 0.250. The number of nitrogens with zero attached hydrogens (tertiary/aromatic N) is 2. The van der Waals surface area contributed by atoms with Gasteiger partial charge in [0.05, 0.1) is 29.8 Å². The van der Waals surface area contributed by atoms with Crippen LogP contribution < -0.4 is 4.90 Å². The van der Waals surface area contributed by atoms with Crippen LogP contribution in [-0.2, 0) is 14.3 Å². The maximum atomic E-state index is 12.6. The quantitative estimate of drug-likeness (QED) is 0.831. The van der Waals surface area contributed by atoms with Gasteiger partial charge in [-0.25, -0.2) is 0 Å². The van der Waals surface area contributed by atoms with Crippen molar-refractivity contribution in [2.75, 3.05) is 37.7 Å². The van der Waals surface area contributed by atoms with Gasteiger partial charge in [0, 0.05) is 26.1 Å². The van der Waals surface area contributed by atoms with Gasteiger partial charge in [-0.15, -0.1) is 0 Å². The third kappa shape index (κ3) is 3.21. The van der Waals surface area contributed by atoms with Crippen molar-refractivity contribution in [3.8, 4) is 0 Å². The lowest BCUT2D eigenvalue weighted by Crippen LogP contribution is -2.44. The molecule has 5 nitrogen and oxygen atoms in total. The van der Waals surface area contributed by atoms with Crippen LogP contribution in [0.5, 0.6) is 0 Å². The van der Waals surface area contributed by atoms with E-state index < -0.39 is 0 Å². The topological polar surface area (TPSA) is 49.9 Å². The second-order valence-corrected chi connectivity index (χ2v) is 6.66. The predicted molar refractivity (Wildman–Crippen MR) is 88.8 cm³/mol. The molecule has 2 heterocycles. The number of benzene rings is 1. The van der Waals surface area contributed by atoms with Crippen molar-refractivity contribution in [1.82, 2.24) is 4.90 Å². The first-order valence-corrected chi connectivity index (χ1v) is 8.29. The Bertz CT molecular complexity index is 618. The molecule has 0 spiro atoms. The number of aryl methyl sites for hydroxylation is 2. The van der Waals surface area contributed by atoms with Gasteiger partial charge in [0.2, 0.25) is 11.8 Å². The normalized spacial score (nSPS) is 21.9. The van der Waals surface area contributed by atoms with Crippen LogP contribution in [0.1, 0.15) is 17.5 Å². The van der Waals surface area contributed by atoms with Crippen molar-refractivity contribution >= 4 is 29.1 Å². The molecule has 3 rings (SSSR count). The highest BCUT2D eigenvalue weighted by atomic mass is 35.5. The Morgan fingerprint density at radius 1 is 1.26 bits per heavy atom. The summed E-state index contributed by atoms with van der Waals surface area (Å²) in [6.45, 7) is 6.66. The Morgan fingerprint density at radius 3 is 2.61 bits per heavy atom. The van der Waals surface area contributed by atoms with E-state index in [0.717, 1.165) is 16.8 Å². The molecule has 0 N–H and O–H groups in total. The van der Waals surface area contributed by atoms with Gasteiger partial charge in [-0.05, 0) is 31.0 Å². The Kier molecular flexibility index (Phi) is 4.60. The summed E-state index contributed by atoms with van der Waals surface area (Å²) < 4.78 is 5.28. The molecule has 2 saturated heterocycles.